The Kier molecular flexibility index (Phi) is 6.32. The Hall–Kier alpha value is -3.59. The molecular formula is C22H23FN6O2. The van der Waals surface area contributed by atoms with Gasteiger partial charge in [-0.2, -0.15) is 0 Å². The number of aromatic amines is 1. The predicted molar refractivity (Wildman–Crippen MR) is 113 cm³/mol. The molecule has 0 radical (unpaired) electrons. The number of aryl methyl sites for hydroxylation is 1. The molecule has 0 atom stereocenters. The summed E-state index contributed by atoms with van der Waals surface area (Å²) in [6.07, 6.45) is 4.13. The number of para-hydroxylation sites is 2. The molecule has 160 valence electrons. The summed E-state index contributed by atoms with van der Waals surface area (Å²) < 4.78 is 19.3. The zero-order valence-corrected chi connectivity index (χ0v) is 17.1. The quantitative estimate of drug-likeness (QED) is 0.358. The Bertz CT molecular complexity index is 1150. The smallest absolute Gasteiger partial charge is 0.273 e. The number of oxazole rings is 1. The second kappa shape index (κ2) is 9.48. The van der Waals surface area contributed by atoms with Crippen LogP contribution in [0.25, 0.3) is 11.0 Å². The van der Waals surface area contributed by atoms with Crippen LogP contribution in [0, 0.1) is 12.7 Å². The van der Waals surface area contributed by atoms with E-state index in [1.54, 1.807) is 13.0 Å². The van der Waals surface area contributed by atoms with E-state index in [2.05, 4.69) is 30.6 Å². The number of carbonyl (C=O) groups is 1. The summed E-state index contributed by atoms with van der Waals surface area (Å²) in [5.74, 6) is 0.539. The highest BCUT2D eigenvalue weighted by molar-refractivity contribution is 5.91. The number of halogens is 1. The summed E-state index contributed by atoms with van der Waals surface area (Å²) in [7, 11) is 0. The zero-order chi connectivity index (χ0) is 21.6. The molecule has 3 aromatic heterocycles. The molecule has 4 rings (SSSR count). The van der Waals surface area contributed by atoms with Crippen molar-refractivity contribution < 1.29 is 13.6 Å². The van der Waals surface area contributed by atoms with E-state index in [1.165, 1.54) is 12.5 Å². The van der Waals surface area contributed by atoms with Gasteiger partial charge in [0.05, 0.1) is 23.3 Å². The number of rotatable bonds is 9. The third-order valence-corrected chi connectivity index (χ3v) is 4.85. The SMILES string of the molecule is Cc1ccnc(CNC(=O)c2coc(CCNCCc3nc4ccccc4[nH]3)n2)c1F. The number of pyridine rings is 1. The minimum Gasteiger partial charge on any atom is -0.448 e. The van der Waals surface area contributed by atoms with Gasteiger partial charge in [-0.15, -0.1) is 0 Å². The molecule has 9 heteroatoms. The minimum absolute atomic E-state index is 0.0160. The van der Waals surface area contributed by atoms with E-state index in [0.717, 1.165) is 29.8 Å². The first-order valence-electron chi connectivity index (χ1n) is 10.1. The largest absolute Gasteiger partial charge is 0.448 e. The van der Waals surface area contributed by atoms with E-state index in [-0.39, 0.29) is 17.9 Å². The maximum absolute atomic E-state index is 14.0. The van der Waals surface area contributed by atoms with Crippen molar-refractivity contribution in [1.82, 2.24) is 30.6 Å². The molecule has 0 unspecified atom stereocenters. The van der Waals surface area contributed by atoms with Gasteiger partial charge in [0.15, 0.2) is 11.6 Å². The van der Waals surface area contributed by atoms with Gasteiger partial charge in [0.2, 0.25) is 0 Å². The third-order valence-electron chi connectivity index (χ3n) is 4.85. The van der Waals surface area contributed by atoms with Crippen LogP contribution in [0.4, 0.5) is 4.39 Å². The fourth-order valence-corrected chi connectivity index (χ4v) is 3.16. The van der Waals surface area contributed by atoms with Crippen molar-refractivity contribution in [1.29, 1.82) is 0 Å². The van der Waals surface area contributed by atoms with Gasteiger partial charge in [0, 0.05) is 32.1 Å². The maximum atomic E-state index is 14.0. The van der Waals surface area contributed by atoms with Gasteiger partial charge in [0.1, 0.15) is 17.9 Å². The van der Waals surface area contributed by atoms with Crippen molar-refractivity contribution in [3.05, 3.63) is 77.3 Å². The Balaban J connectivity index is 1.19. The average molecular weight is 422 g/mol. The van der Waals surface area contributed by atoms with Crippen LogP contribution >= 0.6 is 0 Å². The Morgan fingerprint density at radius 3 is 2.87 bits per heavy atom. The highest BCUT2D eigenvalue weighted by Crippen LogP contribution is 2.11. The van der Waals surface area contributed by atoms with Crippen LogP contribution in [0.2, 0.25) is 0 Å². The van der Waals surface area contributed by atoms with E-state index in [9.17, 15) is 9.18 Å². The standard InChI is InChI=1S/C22H23FN6O2/c1-14-6-11-25-17(21(14)23)12-26-22(30)18-13-31-20(29-18)8-10-24-9-7-19-27-15-4-2-3-5-16(15)28-19/h2-6,11,13,24H,7-10,12H2,1H3,(H,26,30)(H,27,28). The molecule has 0 aliphatic rings. The van der Waals surface area contributed by atoms with E-state index < -0.39 is 11.7 Å². The molecule has 8 nitrogen and oxygen atoms in total. The number of carbonyl (C=O) groups excluding carboxylic acids is 1. The number of nitrogens with zero attached hydrogens (tertiary/aromatic N) is 3. The molecule has 0 aliphatic carbocycles. The summed E-state index contributed by atoms with van der Waals surface area (Å²) in [6, 6.07) is 9.50. The molecule has 31 heavy (non-hydrogen) atoms. The molecule has 0 aliphatic heterocycles. The van der Waals surface area contributed by atoms with Crippen LogP contribution in [-0.2, 0) is 19.4 Å². The van der Waals surface area contributed by atoms with Gasteiger partial charge in [-0.05, 0) is 30.7 Å². The lowest BCUT2D eigenvalue weighted by Crippen LogP contribution is -2.24. The number of aromatic nitrogens is 4. The lowest BCUT2D eigenvalue weighted by atomic mass is 10.2. The maximum Gasteiger partial charge on any atom is 0.273 e. The molecule has 4 aromatic rings. The van der Waals surface area contributed by atoms with E-state index in [0.29, 0.717) is 24.4 Å². The van der Waals surface area contributed by atoms with Crippen LogP contribution in [0.15, 0.2) is 47.2 Å². The normalized spacial score (nSPS) is 11.2. The first-order valence-corrected chi connectivity index (χ1v) is 10.1. The molecule has 0 saturated carbocycles. The molecule has 1 aromatic carbocycles. The van der Waals surface area contributed by atoms with Crippen LogP contribution in [-0.4, -0.2) is 38.9 Å². The molecule has 0 fully saturated rings. The number of hydrogen-bond donors (Lipinski definition) is 3. The summed E-state index contributed by atoms with van der Waals surface area (Å²) in [5, 5.41) is 5.93. The molecule has 0 saturated heterocycles. The average Bonchev–Trinajstić information content (AvgIpc) is 3.41. The van der Waals surface area contributed by atoms with Crippen LogP contribution in [0.1, 0.15) is 33.5 Å². The first-order chi connectivity index (χ1) is 15.1. The molecule has 3 heterocycles. The van der Waals surface area contributed by atoms with Gasteiger partial charge >= 0.3 is 0 Å². The number of amides is 1. The third kappa shape index (κ3) is 5.13. The molecule has 3 N–H and O–H groups in total. The number of H-pyrrole nitrogens is 1. The molecule has 0 bridgehead atoms. The minimum atomic E-state index is -0.435. The Labute approximate surface area is 178 Å². The highest BCUT2D eigenvalue weighted by Gasteiger charge is 2.14. The number of hydrogen-bond acceptors (Lipinski definition) is 6. The first kappa shape index (κ1) is 20.7. The summed E-state index contributed by atoms with van der Waals surface area (Å²) in [5.41, 5.74) is 2.82. The Morgan fingerprint density at radius 2 is 2.00 bits per heavy atom. The van der Waals surface area contributed by atoms with Gasteiger partial charge < -0.3 is 20.0 Å². The zero-order valence-electron chi connectivity index (χ0n) is 17.1. The lowest BCUT2D eigenvalue weighted by Gasteiger charge is -2.05. The van der Waals surface area contributed by atoms with Crippen LogP contribution in [0.3, 0.4) is 0 Å². The van der Waals surface area contributed by atoms with Crippen molar-refractivity contribution >= 4 is 16.9 Å². The number of imidazole rings is 1. The fourth-order valence-electron chi connectivity index (χ4n) is 3.16. The van der Waals surface area contributed by atoms with E-state index in [1.807, 2.05) is 24.3 Å². The summed E-state index contributed by atoms with van der Waals surface area (Å²) in [4.78, 5) is 28.2. The van der Waals surface area contributed by atoms with Crippen LogP contribution < -0.4 is 10.6 Å². The van der Waals surface area contributed by atoms with Gasteiger partial charge in [-0.3, -0.25) is 9.78 Å². The second-order valence-electron chi connectivity index (χ2n) is 7.15. The van der Waals surface area contributed by atoms with Crippen LogP contribution in [0.5, 0.6) is 0 Å². The number of benzene rings is 1. The van der Waals surface area contributed by atoms with Gasteiger partial charge in [0.25, 0.3) is 5.91 Å². The van der Waals surface area contributed by atoms with Crippen molar-refractivity contribution in [3.63, 3.8) is 0 Å². The monoisotopic (exact) mass is 422 g/mol. The predicted octanol–water partition coefficient (Wildman–Crippen LogP) is 2.70. The fraction of sp³-hybridized carbons (Fsp3) is 0.273. The second-order valence-corrected chi connectivity index (χ2v) is 7.15. The highest BCUT2D eigenvalue weighted by atomic mass is 19.1. The van der Waals surface area contributed by atoms with Gasteiger partial charge in [-0.1, -0.05) is 12.1 Å². The topological polar surface area (TPSA) is 109 Å². The van der Waals surface area contributed by atoms with Crippen molar-refractivity contribution in [2.45, 2.75) is 26.3 Å². The summed E-state index contributed by atoms with van der Waals surface area (Å²) >= 11 is 0. The lowest BCUT2D eigenvalue weighted by molar-refractivity contribution is 0.0945. The van der Waals surface area contributed by atoms with Crippen molar-refractivity contribution in [2.24, 2.45) is 0 Å². The number of nitrogens with one attached hydrogen (secondary N) is 3. The molecule has 1 amide bonds. The number of fused-ring (bicyclic) bond motifs is 1. The van der Waals surface area contributed by atoms with Gasteiger partial charge in [-0.25, -0.2) is 14.4 Å². The van der Waals surface area contributed by atoms with Crippen molar-refractivity contribution in [3.8, 4) is 0 Å². The van der Waals surface area contributed by atoms with Crippen molar-refractivity contribution in [2.75, 3.05) is 13.1 Å². The van der Waals surface area contributed by atoms with E-state index in [4.69, 9.17) is 4.42 Å². The van der Waals surface area contributed by atoms with E-state index >= 15 is 0 Å². The molecule has 0 spiro atoms. The Morgan fingerprint density at radius 1 is 1.16 bits per heavy atom. The molecular weight excluding hydrogens is 399 g/mol. The summed E-state index contributed by atoms with van der Waals surface area (Å²) in [6.45, 7) is 3.04.